The second kappa shape index (κ2) is 8.20. The number of methoxy groups -OCH3 is 2. The molecule has 1 atom stereocenters. The van der Waals surface area contributed by atoms with Crippen LogP contribution >= 0.6 is 0 Å². The molecule has 0 aromatic heterocycles. The molecule has 6 nitrogen and oxygen atoms in total. The number of nitrogens with zero attached hydrogens (tertiary/aromatic N) is 1. The Balaban J connectivity index is 2.08. The summed E-state index contributed by atoms with van der Waals surface area (Å²) in [4.78, 5) is 12.1. The van der Waals surface area contributed by atoms with Gasteiger partial charge >= 0.3 is 0 Å². The first kappa shape index (κ1) is 16.8. The van der Waals surface area contributed by atoms with E-state index in [1.54, 1.807) is 25.3 Å². The van der Waals surface area contributed by atoms with Crippen molar-refractivity contribution < 1.29 is 19.0 Å². The number of carbonyl (C=O) groups excluding carboxylic acids is 1. The molecule has 0 spiro atoms. The van der Waals surface area contributed by atoms with Gasteiger partial charge in [-0.25, -0.2) is 0 Å². The van der Waals surface area contributed by atoms with Crippen molar-refractivity contribution in [2.45, 2.75) is 18.9 Å². The molecule has 1 N–H and O–H groups in total. The number of hydrogen-bond donors (Lipinski definition) is 1. The van der Waals surface area contributed by atoms with E-state index in [4.69, 9.17) is 14.2 Å². The number of carbonyl (C=O) groups is 1. The molecular weight excluding hydrogens is 296 g/mol. The van der Waals surface area contributed by atoms with E-state index in [1.807, 2.05) is 6.07 Å². The molecule has 1 aliphatic heterocycles. The average molecular weight is 316 g/mol. The zero-order valence-electron chi connectivity index (χ0n) is 13.3. The number of hydrogen-bond acceptors (Lipinski definition) is 5. The molecule has 6 heteroatoms. The molecule has 1 amide bonds. The molecule has 23 heavy (non-hydrogen) atoms. The van der Waals surface area contributed by atoms with Crippen LogP contribution in [0.2, 0.25) is 0 Å². The highest BCUT2D eigenvalue weighted by molar-refractivity contribution is 6.01. The van der Waals surface area contributed by atoms with Gasteiger partial charge in [-0.3, -0.25) is 4.79 Å². The fraction of sp³-hybridized carbons (Fsp3) is 0.412. The van der Waals surface area contributed by atoms with Crippen LogP contribution in [-0.2, 0) is 9.53 Å². The standard InChI is InChI=1S/C17H20N2O4/c1-21-15-6-5-12(9-16(15)22-2)8-13(10-18)17(20)19-11-14-4-3-7-23-14/h5-6,8-9,14H,3-4,7,11H2,1-2H3,(H,19,20)/b13-8-/t14-/m1/s1. The van der Waals surface area contributed by atoms with Gasteiger partial charge in [0.2, 0.25) is 0 Å². The monoisotopic (exact) mass is 316 g/mol. The Bertz CT molecular complexity index is 628. The fourth-order valence-electron chi connectivity index (χ4n) is 2.36. The number of amides is 1. The summed E-state index contributed by atoms with van der Waals surface area (Å²) in [6.45, 7) is 1.15. The van der Waals surface area contributed by atoms with Gasteiger partial charge in [0.25, 0.3) is 5.91 Å². The first-order valence-electron chi connectivity index (χ1n) is 7.41. The maximum absolute atomic E-state index is 12.1. The molecule has 0 unspecified atom stereocenters. The minimum Gasteiger partial charge on any atom is -0.493 e. The molecule has 0 bridgehead atoms. The lowest BCUT2D eigenvalue weighted by Crippen LogP contribution is -2.32. The van der Waals surface area contributed by atoms with Gasteiger partial charge in [0.15, 0.2) is 11.5 Å². The number of nitrogens with one attached hydrogen (secondary N) is 1. The third kappa shape index (κ3) is 4.47. The van der Waals surface area contributed by atoms with Crippen molar-refractivity contribution in [2.75, 3.05) is 27.4 Å². The summed E-state index contributed by atoms with van der Waals surface area (Å²) in [7, 11) is 3.08. The largest absolute Gasteiger partial charge is 0.493 e. The number of rotatable bonds is 6. The van der Waals surface area contributed by atoms with Gasteiger partial charge in [0, 0.05) is 13.2 Å². The number of nitriles is 1. The Labute approximate surface area is 135 Å². The van der Waals surface area contributed by atoms with E-state index < -0.39 is 5.91 Å². The van der Waals surface area contributed by atoms with Gasteiger partial charge in [-0.2, -0.15) is 5.26 Å². The average Bonchev–Trinajstić information content (AvgIpc) is 3.10. The van der Waals surface area contributed by atoms with Crippen LogP contribution < -0.4 is 14.8 Å². The molecule has 0 saturated carbocycles. The third-order valence-corrected chi connectivity index (χ3v) is 3.60. The highest BCUT2D eigenvalue weighted by atomic mass is 16.5. The van der Waals surface area contributed by atoms with Crippen LogP contribution in [0, 0.1) is 11.3 Å². The Morgan fingerprint density at radius 3 is 2.83 bits per heavy atom. The van der Waals surface area contributed by atoms with Crippen molar-refractivity contribution in [3.63, 3.8) is 0 Å². The van der Waals surface area contributed by atoms with E-state index in [0.717, 1.165) is 19.4 Å². The van der Waals surface area contributed by atoms with Crippen LogP contribution in [0.3, 0.4) is 0 Å². The molecule has 122 valence electrons. The van der Waals surface area contributed by atoms with Crippen LogP contribution in [0.15, 0.2) is 23.8 Å². The molecule has 0 radical (unpaired) electrons. The Kier molecular flexibility index (Phi) is 6.01. The maximum atomic E-state index is 12.1. The third-order valence-electron chi connectivity index (χ3n) is 3.60. The lowest BCUT2D eigenvalue weighted by atomic mass is 10.1. The van der Waals surface area contributed by atoms with E-state index >= 15 is 0 Å². The van der Waals surface area contributed by atoms with Gasteiger partial charge in [-0.05, 0) is 36.6 Å². The number of benzene rings is 1. The normalized spacial score (nSPS) is 17.4. The zero-order chi connectivity index (χ0) is 16.7. The molecule has 1 aromatic rings. The van der Waals surface area contributed by atoms with E-state index in [9.17, 15) is 10.1 Å². The van der Waals surface area contributed by atoms with Gasteiger partial charge in [-0.15, -0.1) is 0 Å². The summed E-state index contributed by atoms with van der Waals surface area (Å²) >= 11 is 0. The quantitative estimate of drug-likeness (QED) is 0.640. The molecule has 1 fully saturated rings. The summed E-state index contributed by atoms with van der Waals surface area (Å²) in [6, 6.07) is 7.12. The summed E-state index contributed by atoms with van der Waals surface area (Å²) in [5, 5.41) is 11.9. The van der Waals surface area contributed by atoms with Crippen molar-refractivity contribution in [1.29, 1.82) is 5.26 Å². The van der Waals surface area contributed by atoms with Gasteiger partial charge < -0.3 is 19.5 Å². The van der Waals surface area contributed by atoms with Gasteiger partial charge in [0.05, 0.1) is 20.3 Å². The fourth-order valence-corrected chi connectivity index (χ4v) is 2.36. The van der Waals surface area contributed by atoms with Crippen molar-refractivity contribution in [3.8, 4) is 17.6 Å². The summed E-state index contributed by atoms with van der Waals surface area (Å²) in [6.07, 6.45) is 3.50. The highest BCUT2D eigenvalue weighted by Gasteiger charge is 2.17. The predicted molar refractivity (Wildman–Crippen MR) is 85.1 cm³/mol. The van der Waals surface area contributed by atoms with E-state index in [1.165, 1.54) is 13.2 Å². The maximum Gasteiger partial charge on any atom is 0.262 e. The molecule has 1 aliphatic rings. The van der Waals surface area contributed by atoms with E-state index in [0.29, 0.717) is 23.6 Å². The molecule has 0 aliphatic carbocycles. The van der Waals surface area contributed by atoms with Crippen LogP contribution in [0.25, 0.3) is 6.08 Å². The summed E-state index contributed by atoms with van der Waals surface area (Å²) < 4.78 is 15.8. The Morgan fingerprint density at radius 2 is 2.22 bits per heavy atom. The molecule has 1 heterocycles. The predicted octanol–water partition coefficient (Wildman–Crippen LogP) is 1.91. The second-order valence-corrected chi connectivity index (χ2v) is 5.13. The van der Waals surface area contributed by atoms with Crippen molar-refractivity contribution in [1.82, 2.24) is 5.32 Å². The van der Waals surface area contributed by atoms with Gasteiger partial charge in [-0.1, -0.05) is 6.07 Å². The molecule has 1 aromatic carbocycles. The minimum atomic E-state index is -0.405. The summed E-state index contributed by atoms with van der Waals surface area (Å²) in [5.74, 6) is 0.724. The van der Waals surface area contributed by atoms with Crippen LogP contribution in [0.5, 0.6) is 11.5 Å². The first-order valence-corrected chi connectivity index (χ1v) is 7.41. The van der Waals surface area contributed by atoms with Crippen LogP contribution in [0.1, 0.15) is 18.4 Å². The lowest BCUT2D eigenvalue weighted by molar-refractivity contribution is -0.117. The topological polar surface area (TPSA) is 80.6 Å². The van der Waals surface area contributed by atoms with Crippen molar-refractivity contribution >= 4 is 12.0 Å². The van der Waals surface area contributed by atoms with Gasteiger partial charge in [0.1, 0.15) is 11.6 Å². The van der Waals surface area contributed by atoms with Crippen molar-refractivity contribution in [2.24, 2.45) is 0 Å². The Hall–Kier alpha value is -2.52. The minimum absolute atomic E-state index is 0.0372. The second-order valence-electron chi connectivity index (χ2n) is 5.13. The molecule has 2 rings (SSSR count). The van der Waals surface area contributed by atoms with Crippen molar-refractivity contribution in [3.05, 3.63) is 29.3 Å². The SMILES string of the molecule is COc1ccc(/C=C(/C#N)C(=O)NC[C@H]2CCCO2)cc1OC. The lowest BCUT2D eigenvalue weighted by Gasteiger charge is -2.10. The highest BCUT2D eigenvalue weighted by Crippen LogP contribution is 2.28. The number of ether oxygens (including phenoxy) is 3. The smallest absolute Gasteiger partial charge is 0.262 e. The van der Waals surface area contributed by atoms with Crippen LogP contribution in [-0.4, -0.2) is 39.4 Å². The van der Waals surface area contributed by atoms with Crippen LogP contribution in [0.4, 0.5) is 0 Å². The zero-order valence-corrected chi connectivity index (χ0v) is 13.3. The molecular formula is C17H20N2O4. The van der Waals surface area contributed by atoms with E-state index in [2.05, 4.69) is 5.32 Å². The van der Waals surface area contributed by atoms with E-state index in [-0.39, 0.29) is 11.7 Å². The molecule has 1 saturated heterocycles. The first-order chi connectivity index (χ1) is 11.2. The Morgan fingerprint density at radius 1 is 1.43 bits per heavy atom. The summed E-state index contributed by atoms with van der Waals surface area (Å²) in [5.41, 5.74) is 0.724.